The Morgan fingerprint density at radius 1 is 1.35 bits per heavy atom. The molecule has 2 rings (SSSR count). The van der Waals surface area contributed by atoms with Crippen LogP contribution in [0.2, 0.25) is 25.7 Å². The Kier molecular flexibility index (Phi) is 9.02. The number of nitrogens with zero attached hydrogens (tertiary/aromatic N) is 2. The van der Waals surface area contributed by atoms with Crippen LogP contribution in [0.5, 0.6) is 5.88 Å². The van der Waals surface area contributed by atoms with Gasteiger partial charge < -0.3 is 18.9 Å². The van der Waals surface area contributed by atoms with Gasteiger partial charge in [0.1, 0.15) is 12.3 Å². The van der Waals surface area contributed by atoms with E-state index in [1.165, 1.54) is 0 Å². The van der Waals surface area contributed by atoms with E-state index in [2.05, 4.69) is 57.4 Å². The fourth-order valence-electron chi connectivity index (χ4n) is 2.15. The molecule has 1 aromatic rings. The van der Waals surface area contributed by atoms with Crippen molar-refractivity contribution in [2.45, 2.75) is 51.2 Å². The number of hydrogen-bond donors (Lipinski definition) is 0. The molecular formula is C18H27BrN2O4Si. The molecule has 26 heavy (non-hydrogen) atoms. The van der Waals surface area contributed by atoms with Crippen molar-refractivity contribution in [2.24, 2.45) is 0 Å². The number of rotatable bonds is 8. The van der Waals surface area contributed by atoms with Gasteiger partial charge in [-0.2, -0.15) is 0 Å². The van der Waals surface area contributed by atoms with Gasteiger partial charge in [0.15, 0.2) is 17.7 Å². The van der Waals surface area contributed by atoms with E-state index >= 15 is 0 Å². The van der Waals surface area contributed by atoms with Gasteiger partial charge in [0.05, 0.1) is 6.20 Å². The van der Waals surface area contributed by atoms with Crippen molar-refractivity contribution in [2.75, 3.05) is 26.6 Å². The van der Waals surface area contributed by atoms with Crippen molar-refractivity contribution in [1.82, 2.24) is 9.97 Å². The van der Waals surface area contributed by atoms with Gasteiger partial charge in [0.25, 0.3) is 0 Å². The zero-order valence-corrected chi connectivity index (χ0v) is 18.3. The first kappa shape index (κ1) is 21.3. The van der Waals surface area contributed by atoms with Gasteiger partial charge in [-0.3, -0.25) is 0 Å². The molecule has 0 bridgehead atoms. The standard InChI is InChI=1S/C18H27BrN2O4Si/c1-26(2,3)12-11-22-14-25-18-17(19)21-15(13-20-18)7-6-10-24-16-8-4-5-9-23-16/h13,16H,4-5,8-12,14H2,1-3H3. The Morgan fingerprint density at radius 2 is 2.19 bits per heavy atom. The van der Waals surface area contributed by atoms with Crippen LogP contribution in [-0.2, 0) is 14.2 Å². The van der Waals surface area contributed by atoms with Crippen LogP contribution in [0.1, 0.15) is 25.0 Å². The Balaban J connectivity index is 1.71. The van der Waals surface area contributed by atoms with Crippen LogP contribution in [-0.4, -0.2) is 50.9 Å². The van der Waals surface area contributed by atoms with E-state index in [0.29, 0.717) is 29.4 Å². The SMILES string of the molecule is C[Si](C)(C)CCOCOc1ncc(C#CCOC2CCCCO2)nc1Br. The van der Waals surface area contributed by atoms with Crippen LogP contribution >= 0.6 is 15.9 Å². The molecule has 8 heteroatoms. The lowest BCUT2D eigenvalue weighted by molar-refractivity contribution is -0.154. The fraction of sp³-hybridized carbons (Fsp3) is 0.667. The molecule has 1 saturated heterocycles. The molecule has 0 radical (unpaired) electrons. The number of ether oxygens (including phenoxy) is 4. The molecule has 0 aliphatic carbocycles. The minimum absolute atomic E-state index is 0.132. The third kappa shape index (κ3) is 8.60. The third-order valence-corrected chi connectivity index (χ3v) is 5.89. The topological polar surface area (TPSA) is 62.7 Å². The largest absolute Gasteiger partial charge is 0.449 e. The molecule has 1 aromatic heterocycles. The molecule has 0 amide bonds. The Labute approximate surface area is 165 Å². The second-order valence-electron chi connectivity index (χ2n) is 7.24. The van der Waals surface area contributed by atoms with Gasteiger partial charge in [0.2, 0.25) is 5.88 Å². The molecule has 6 nitrogen and oxygen atoms in total. The van der Waals surface area contributed by atoms with Gasteiger partial charge in [-0.15, -0.1) is 0 Å². The van der Waals surface area contributed by atoms with Gasteiger partial charge in [0, 0.05) is 21.3 Å². The van der Waals surface area contributed by atoms with Crippen molar-refractivity contribution < 1.29 is 18.9 Å². The first-order chi connectivity index (χ1) is 12.4. The summed E-state index contributed by atoms with van der Waals surface area (Å²) in [7, 11) is -1.08. The summed E-state index contributed by atoms with van der Waals surface area (Å²) < 4.78 is 22.6. The highest BCUT2D eigenvalue weighted by atomic mass is 79.9. The fourth-order valence-corrected chi connectivity index (χ4v) is 3.32. The maximum Gasteiger partial charge on any atom is 0.249 e. The molecular weight excluding hydrogens is 416 g/mol. The zero-order valence-electron chi connectivity index (χ0n) is 15.7. The summed E-state index contributed by atoms with van der Waals surface area (Å²) in [5, 5.41) is 0. The summed E-state index contributed by atoms with van der Waals surface area (Å²) in [5.41, 5.74) is 0.553. The van der Waals surface area contributed by atoms with Crippen LogP contribution in [0.4, 0.5) is 0 Å². The normalized spacial score (nSPS) is 17.5. The molecule has 0 aromatic carbocycles. The smallest absolute Gasteiger partial charge is 0.249 e. The predicted octanol–water partition coefficient (Wildman–Crippen LogP) is 3.82. The molecule has 0 spiro atoms. The molecule has 1 atom stereocenters. The maximum absolute atomic E-state index is 5.56. The molecule has 144 valence electrons. The molecule has 1 fully saturated rings. The van der Waals surface area contributed by atoms with Crippen molar-refractivity contribution in [3.63, 3.8) is 0 Å². The average Bonchev–Trinajstić information content (AvgIpc) is 2.60. The number of aromatic nitrogens is 2. The molecule has 1 aliphatic rings. The lowest BCUT2D eigenvalue weighted by Crippen LogP contribution is -2.22. The minimum atomic E-state index is -1.08. The van der Waals surface area contributed by atoms with E-state index in [1.807, 2.05) is 0 Å². The van der Waals surface area contributed by atoms with Crippen molar-refractivity contribution in [3.8, 4) is 17.7 Å². The van der Waals surface area contributed by atoms with E-state index in [0.717, 1.165) is 31.9 Å². The second kappa shape index (κ2) is 11.0. The first-order valence-corrected chi connectivity index (χ1v) is 13.4. The van der Waals surface area contributed by atoms with E-state index in [-0.39, 0.29) is 13.1 Å². The molecule has 2 heterocycles. The quantitative estimate of drug-likeness (QED) is 0.264. The van der Waals surface area contributed by atoms with Crippen molar-refractivity contribution in [1.29, 1.82) is 0 Å². The van der Waals surface area contributed by atoms with E-state index in [1.54, 1.807) is 6.20 Å². The van der Waals surface area contributed by atoms with Crippen LogP contribution in [0, 0.1) is 11.8 Å². The lowest BCUT2D eigenvalue weighted by Gasteiger charge is -2.21. The highest BCUT2D eigenvalue weighted by molar-refractivity contribution is 9.10. The van der Waals surface area contributed by atoms with Gasteiger partial charge in [-0.25, -0.2) is 9.97 Å². The first-order valence-electron chi connectivity index (χ1n) is 8.89. The molecule has 0 N–H and O–H groups in total. The average molecular weight is 443 g/mol. The summed E-state index contributed by atoms with van der Waals surface area (Å²) in [6.07, 6.45) is 4.62. The summed E-state index contributed by atoms with van der Waals surface area (Å²) in [6, 6.07) is 1.10. The van der Waals surface area contributed by atoms with Gasteiger partial charge in [-0.05, 0) is 47.2 Å². The predicted molar refractivity (Wildman–Crippen MR) is 106 cm³/mol. The van der Waals surface area contributed by atoms with E-state index < -0.39 is 8.07 Å². The Morgan fingerprint density at radius 3 is 2.88 bits per heavy atom. The minimum Gasteiger partial charge on any atom is -0.449 e. The second-order valence-corrected chi connectivity index (χ2v) is 13.6. The zero-order chi connectivity index (χ0) is 18.8. The molecule has 1 unspecified atom stereocenters. The van der Waals surface area contributed by atoms with E-state index in [9.17, 15) is 0 Å². The van der Waals surface area contributed by atoms with Crippen LogP contribution < -0.4 is 4.74 Å². The number of hydrogen-bond acceptors (Lipinski definition) is 6. The van der Waals surface area contributed by atoms with Crippen LogP contribution in [0.3, 0.4) is 0 Å². The third-order valence-electron chi connectivity index (χ3n) is 3.67. The maximum atomic E-state index is 5.56. The number of halogens is 1. The molecule has 1 aliphatic heterocycles. The molecule has 0 saturated carbocycles. The lowest BCUT2D eigenvalue weighted by atomic mass is 10.2. The summed E-state index contributed by atoms with van der Waals surface area (Å²) in [4.78, 5) is 8.54. The highest BCUT2D eigenvalue weighted by Crippen LogP contribution is 2.19. The van der Waals surface area contributed by atoms with Gasteiger partial charge >= 0.3 is 0 Å². The summed E-state index contributed by atoms with van der Waals surface area (Å²) in [6.45, 7) is 8.88. The van der Waals surface area contributed by atoms with Crippen LogP contribution in [0.15, 0.2) is 10.8 Å². The van der Waals surface area contributed by atoms with Gasteiger partial charge in [-0.1, -0.05) is 25.6 Å². The summed E-state index contributed by atoms with van der Waals surface area (Å²) >= 11 is 3.35. The summed E-state index contributed by atoms with van der Waals surface area (Å²) in [5.74, 6) is 6.26. The van der Waals surface area contributed by atoms with Crippen molar-refractivity contribution in [3.05, 3.63) is 16.5 Å². The highest BCUT2D eigenvalue weighted by Gasteiger charge is 2.13. The van der Waals surface area contributed by atoms with Crippen molar-refractivity contribution >= 4 is 24.0 Å². The van der Waals surface area contributed by atoms with E-state index in [4.69, 9.17) is 18.9 Å². The Bertz CT molecular complexity index is 622. The van der Waals surface area contributed by atoms with Crippen LogP contribution in [0.25, 0.3) is 0 Å². The monoisotopic (exact) mass is 442 g/mol. The Hall–Kier alpha value is -0.983.